The van der Waals surface area contributed by atoms with Gasteiger partial charge in [-0.25, -0.2) is 4.98 Å². The molecule has 4 heteroatoms. The van der Waals surface area contributed by atoms with Crippen molar-refractivity contribution in [2.75, 3.05) is 5.75 Å². The van der Waals surface area contributed by atoms with Crippen LogP contribution < -0.4 is 5.56 Å². The second kappa shape index (κ2) is 4.53. The summed E-state index contributed by atoms with van der Waals surface area (Å²) in [6.45, 7) is 1.77. The van der Waals surface area contributed by atoms with E-state index in [1.54, 1.807) is 6.92 Å². The van der Waals surface area contributed by atoms with E-state index in [2.05, 4.69) is 22.6 Å². The van der Waals surface area contributed by atoms with Gasteiger partial charge in [-0.15, -0.1) is 0 Å². The lowest BCUT2D eigenvalue weighted by Crippen LogP contribution is -2.09. The predicted molar refractivity (Wildman–Crippen MR) is 70.0 cm³/mol. The number of rotatable bonds is 2. The number of fused-ring (bicyclic) bond motifs is 1. The first-order valence-corrected chi connectivity index (χ1v) is 5.62. The smallest absolute Gasteiger partial charge is 0.258 e. The molecule has 0 aliphatic carbocycles. The Balaban J connectivity index is 2.62. The number of hydrogen-bond acceptors (Lipinski definition) is 3. The summed E-state index contributed by atoms with van der Waals surface area (Å²) in [4.78, 5) is 18.6. The zero-order valence-corrected chi connectivity index (χ0v) is 9.79. The van der Waals surface area contributed by atoms with Gasteiger partial charge in [-0.2, -0.15) is 12.6 Å². The Morgan fingerprint density at radius 2 is 2.31 bits per heavy atom. The Bertz CT molecular complexity index is 601. The van der Waals surface area contributed by atoms with Crippen molar-refractivity contribution in [3.63, 3.8) is 0 Å². The maximum atomic E-state index is 11.7. The van der Waals surface area contributed by atoms with Crippen molar-refractivity contribution >= 4 is 29.6 Å². The number of benzene rings is 1. The second-order valence-electron chi connectivity index (χ2n) is 3.51. The van der Waals surface area contributed by atoms with Crippen LogP contribution in [-0.4, -0.2) is 15.7 Å². The van der Waals surface area contributed by atoms with Crippen LogP contribution in [0.25, 0.3) is 17.0 Å². The van der Waals surface area contributed by atoms with E-state index in [0.29, 0.717) is 17.0 Å². The standard InChI is InChI=1S/C12H12N2OS/c1-8-13-11-5-4-9(3-2-6-16)7-10(11)12(15)14-8/h2-5,7,16H,6H2,1H3,(H,13,14,15). The van der Waals surface area contributed by atoms with Crippen LogP contribution in [-0.2, 0) is 0 Å². The molecule has 3 nitrogen and oxygen atoms in total. The molecular formula is C12H12N2OS. The summed E-state index contributed by atoms with van der Waals surface area (Å²) in [5.74, 6) is 1.32. The quantitative estimate of drug-likeness (QED) is 0.779. The van der Waals surface area contributed by atoms with E-state index >= 15 is 0 Å². The fourth-order valence-electron chi connectivity index (χ4n) is 1.57. The average Bonchev–Trinajstić information content (AvgIpc) is 2.26. The second-order valence-corrected chi connectivity index (χ2v) is 3.88. The van der Waals surface area contributed by atoms with Gasteiger partial charge >= 0.3 is 0 Å². The molecule has 0 aliphatic heterocycles. The molecule has 1 aromatic heterocycles. The van der Waals surface area contributed by atoms with Crippen molar-refractivity contribution in [2.45, 2.75) is 6.92 Å². The monoisotopic (exact) mass is 232 g/mol. The van der Waals surface area contributed by atoms with Gasteiger partial charge in [0.1, 0.15) is 5.82 Å². The van der Waals surface area contributed by atoms with Gasteiger partial charge in [0.05, 0.1) is 10.9 Å². The van der Waals surface area contributed by atoms with Gasteiger partial charge in [0, 0.05) is 5.75 Å². The molecule has 0 atom stereocenters. The van der Waals surface area contributed by atoms with Crippen molar-refractivity contribution in [1.29, 1.82) is 0 Å². The van der Waals surface area contributed by atoms with Gasteiger partial charge in [-0.05, 0) is 24.6 Å². The van der Waals surface area contributed by atoms with Crippen LogP contribution >= 0.6 is 12.6 Å². The topological polar surface area (TPSA) is 45.8 Å². The molecular weight excluding hydrogens is 220 g/mol. The van der Waals surface area contributed by atoms with Gasteiger partial charge in [0.2, 0.25) is 0 Å². The average molecular weight is 232 g/mol. The number of nitrogens with one attached hydrogen (secondary N) is 1. The van der Waals surface area contributed by atoms with Crippen LogP contribution in [0.5, 0.6) is 0 Å². The maximum Gasteiger partial charge on any atom is 0.258 e. The van der Waals surface area contributed by atoms with Crippen LogP contribution in [0.4, 0.5) is 0 Å². The molecule has 0 radical (unpaired) electrons. The molecule has 0 aliphatic rings. The van der Waals surface area contributed by atoms with Crippen LogP contribution in [0, 0.1) is 6.92 Å². The highest BCUT2D eigenvalue weighted by Crippen LogP contribution is 2.11. The Kier molecular flexibility index (Phi) is 3.10. The number of aromatic amines is 1. The van der Waals surface area contributed by atoms with E-state index in [9.17, 15) is 4.79 Å². The lowest BCUT2D eigenvalue weighted by molar-refractivity contribution is 1.06. The first-order valence-electron chi connectivity index (χ1n) is 4.99. The van der Waals surface area contributed by atoms with E-state index in [1.807, 2.05) is 30.4 Å². The molecule has 2 rings (SSSR count). The summed E-state index contributed by atoms with van der Waals surface area (Å²) in [6, 6.07) is 5.63. The van der Waals surface area contributed by atoms with Gasteiger partial charge in [-0.1, -0.05) is 18.2 Å². The minimum Gasteiger partial charge on any atom is -0.310 e. The molecule has 0 saturated carbocycles. The number of aromatic nitrogens is 2. The molecule has 0 amide bonds. The molecule has 0 bridgehead atoms. The molecule has 82 valence electrons. The highest BCUT2D eigenvalue weighted by molar-refractivity contribution is 7.80. The molecule has 0 unspecified atom stereocenters. The fourth-order valence-corrected chi connectivity index (χ4v) is 1.67. The Morgan fingerprint density at radius 1 is 1.50 bits per heavy atom. The van der Waals surface area contributed by atoms with Gasteiger partial charge in [0.25, 0.3) is 5.56 Å². The van der Waals surface area contributed by atoms with E-state index in [1.165, 1.54) is 0 Å². The highest BCUT2D eigenvalue weighted by Gasteiger charge is 2.01. The summed E-state index contributed by atoms with van der Waals surface area (Å²) >= 11 is 4.09. The summed E-state index contributed by atoms with van der Waals surface area (Å²) in [6.07, 6.45) is 3.87. The molecule has 1 heterocycles. The van der Waals surface area contributed by atoms with E-state index in [0.717, 1.165) is 11.1 Å². The zero-order valence-electron chi connectivity index (χ0n) is 8.90. The van der Waals surface area contributed by atoms with Crippen LogP contribution in [0.1, 0.15) is 11.4 Å². The third kappa shape index (κ3) is 2.17. The van der Waals surface area contributed by atoms with Crippen molar-refractivity contribution in [3.05, 3.63) is 46.0 Å². The minimum atomic E-state index is -0.0939. The molecule has 16 heavy (non-hydrogen) atoms. The lowest BCUT2D eigenvalue weighted by Gasteiger charge is -1.99. The molecule has 1 aromatic carbocycles. The Morgan fingerprint density at radius 3 is 3.06 bits per heavy atom. The third-order valence-electron chi connectivity index (χ3n) is 2.26. The van der Waals surface area contributed by atoms with E-state index in [-0.39, 0.29) is 5.56 Å². The Hall–Kier alpha value is -1.55. The number of aryl methyl sites for hydroxylation is 1. The number of hydrogen-bond donors (Lipinski definition) is 2. The van der Waals surface area contributed by atoms with Crippen LogP contribution in [0.3, 0.4) is 0 Å². The van der Waals surface area contributed by atoms with Crippen molar-refractivity contribution in [1.82, 2.24) is 9.97 Å². The predicted octanol–water partition coefficient (Wildman–Crippen LogP) is 2.17. The molecule has 2 aromatic rings. The number of H-pyrrole nitrogens is 1. The molecule has 0 saturated heterocycles. The lowest BCUT2D eigenvalue weighted by atomic mass is 10.1. The summed E-state index contributed by atoms with van der Waals surface area (Å²) in [5, 5.41) is 0.618. The summed E-state index contributed by atoms with van der Waals surface area (Å²) in [7, 11) is 0. The largest absolute Gasteiger partial charge is 0.310 e. The SMILES string of the molecule is Cc1nc2ccc(C=CCS)cc2c(=O)[nH]1. The normalized spacial score (nSPS) is 11.4. The van der Waals surface area contributed by atoms with Crippen molar-refractivity contribution in [2.24, 2.45) is 0 Å². The van der Waals surface area contributed by atoms with Crippen molar-refractivity contribution < 1.29 is 0 Å². The molecule has 0 fully saturated rings. The molecule has 1 N–H and O–H groups in total. The first kappa shape index (κ1) is 11.0. The summed E-state index contributed by atoms with van der Waals surface area (Å²) < 4.78 is 0. The van der Waals surface area contributed by atoms with Gasteiger partial charge < -0.3 is 4.98 Å². The van der Waals surface area contributed by atoms with E-state index < -0.39 is 0 Å². The number of nitrogens with zero attached hydrogens (tertiary/aromatic N) is 1. The number of thiol groups is 1. The minimum absolute atomic E-state index is 0.0939. The van der Waals surface area contributed by atoms with Crippen LogP contribution in [0.2, 0.25) is 0 Å². The van der Waals surface area contributed by atoms with Gasteiger partial charge in [0.15, 0.2) is 0 Å². The highest BCUT2D eigenvalue weighted by atomic mass is 32.1. The van der Waals surface area contributed by atoms with Gasteiger partial charge in [-0.3, -0.25) is 4.79 Å². The summed E-state index contributed by atoms with van der Waals surface area (Å²) in [5.41, 5.74) is 1.62. The molecule has 0 spiro atoms. The third-order valence-corrected chi connectivity index (χ3v) is 2.47. The zero-order chi connectivity index (χ0) is 11.5. The van der Waals surface area contributed by atoms with Crippen LogP contribution in [0.15, 0.2) is 29.1 Å². The van der Waals surface area contributed by atoms with E-state index in [4.69, 9.17) is 0 Å². The van der Waals surface area contributed by atoms with Crippen molar-refractivity contribution in [3.8, 4) is 0 Å². The Labute approximate surface area is 98.6 Å². The maximum absolute atomic E-state index is 11.7. The fraction of sp³-hybridized carbons (Fsp3) is 0.167. The first-order chi connectivity index (χ1) is 7.70.